The molecule has 0 aliphatic carbocycles. The molecular weight excluding hydrogens is 322 g/mol. The van der Waals surface area contributed by atoms with E-state index < -0.39 is 0 Å². The van der Waals surface area contributed by atoms with Crippen LogP contribution in [0.15, 0.2) is 48.5 Å². The Morgan fingerprint density at radius 1 is 1.00 bits per heavy atom. The maximum Gasteiger partial charge on any atom is 0.251 e. The van der Waals surface area contributed by atoms with Crippen molar-refractivity contribution in [3.05, 3.63) is 65.2 Å². The normalized spacial score (nSPS) is 10.8. The second kappa shape index (κ2) is 10.6. The molecule has 0 aromatic heterocycles. The molecule has 2 N–H and O–H groups in total. The zero-order valence-electron chi connectivity index (χ0n) is 16.2. The first kappa shape index (κ1) is 20.0. The Morgan fingerprint density at radius 2 is 1.77 bits per heavy atom. The Morgan fingerprint density at radius 3 is 2.50 bits per heavy atom. The van der Waals surface area contributed by atoms with E-state index in [-0.39, 0.29) is 5.91 Å². The second-order valence-corrected chi connectivity index (χ2v) is 6.35. The molecule has 1 amide bonds. The summed E-state index contributed by atoms with van der Waals surface area (Å²) in [5.41, 5.74) is 4.28. The molecule has 0 saturated heterocycles. The highest BCUT2D eigenvalue weighted by molar-refractivity contribution is 5.94. The number of benzene rings is 2. The Kier molecular flexibility index (Phi) is 8.16. The van der Waals surface area contributed by atoms with E-state index in [1.165, 1.54) is 5.56 Å². The van der Waals surface area contributed by atoms with Crippen LogP contribution in [0.3, 0.4) is 0 Å². The summed E-state index contributed by atoms with van der Waals surface area (Å²) in [5.74, 6) is -0.00651. The topological polar surface area (TPSA) is 44.4 Å². The van der Waals surface area contributed by atoms with Crippen molar-refractivity contribution in [2.75, 3.05) is 31.5 Å². The van der Waals surface area contributed by atoms with Gasteiger partial charge in [0.2, 0.25) is 0 Å². The third kappa shape index (κ3) is 5.88. The van der Waals surface area contributed by atoms with Gasteiger partial charge in [-0.05, 0) is 48.8 Å². The lowest BCUT2D eigenvalue weighted by molar-refractivity contribution is 0.0949. The molecule has 0 aliphatic heterocycles. The van der Waals surface area contributed by atoms with Crippen molar-refractivity contribution in [2.24, 2.45) is 0 Å². The van der Waals surface area contributed by atoms with Crippen LogP contribution in [-0.4, -0.2) is 37.0 Å². The molecule has 0 heterocycles. The molecule has 0 unspecified atom stereocenters. The monoisotopic (exact) mass is 353 g/mol. The van der Waals surface area contributed by atoms with Gasteiger partial charge in [0.05, 0.1) is 0 Å². The molecule has 26 heavy (non-hydrogen) atoms. The zero-order valence-corrected chi connectivity index (χ0v) is 16.2. The first-order valence-electron chi connectivity index (χ1n) is 9.59. The smallest absolute Gasteiger partial charge is 0.251 e. The van der Waals surface area contributed by atoms with E-state index in [9.17, 15) is 4.79 Å². The molecule has 2 aromatic carbocycles. The maximum atomic E-state index is 12.4. The van der Waals surface area contributed by atoms with Gasteiger partial charge in [-0.1, -0.05) is 51.1 Å². The molecule has 140 valence electrons. The number of hydrogen-bond acceptors (Lipinski definition) is 3. The predicted octanol–water partition coefficient (Wildman–Crippen LogP) is 3.93. The van der Waals surface area contributed by atoms with Gasteiger partial charge in [0, 0.05) is 30.9 Å². The van der Waals surface area contributed by atoms with Crippen LogP contribution in [0, 0.1) is 0 Å². The highest BCUT2D eigenvalue weighted by atomic mass is 16.1. The van der Waals surface area contributed by atoms with Crippen molar-refractivity contribution in [3.63, 3.8) is 0 Å². The number of anilines is 1. The molecule has 4 nitrogen and oxygen atoms in total. The van der Waals surface area contributed by atoms with Crippen LogP contribution in [0.1, 0.15) is 42.3 Å². The zero-order chi connectivity index (χ0) is 18.8. The minimum atomic E-state index is -0.00651. The van der Waals surface area contributed by atoms with E-state index >= 15 is 0 Å². The van der Waals surface area contributed by atoms with Crippen molar-refractivity contribution in [1.29, 1.82) is 0 Å². The van der Waals surface area contributed by atoms with E-state index in [1.807, 2.05) is 30.3 Å². The Bertz CT molecular complexity index is 695. The van der Waals surface area contributed by atoms with Crippen molar-refractivity contribution in [3.8, 4) is 0 Å². The molecule has 4 heteroatoms. The number of rotatable bonds is 10. The van der Waals surface area contributed by atoms with Crippen LogP contribution >= 0.6 is 0 Å². The SMILES string of the molecule is CCc1ccccc1NCc1cccc(C(=O)NCCN(CC)CC)c1. The van der Waals surface area contributed by atoms with Gasteiger partial charge < -0.3 is 15.5 Å². The number of hydrogen-bond donors (Lipinski definition) is 2. The fourth-order valence-corrected chi connectivity index (χ4v) is 2.99. The lowest BCUT2D eigenvalue weighted by Crippen LogP contribution is -2.34. The highest BCUT2D eigenvalue weighted by Crippen LogP contribution is 2.17. The van der Waals surface area contributed by atoms with Gasteiger partial charge >= 0.3 is 0 Å². The Balaban J connectivity index is 1.91. The van der Waals surface area contributed by atoms with Crippen LogP contribution in [0.4, 0.5) is 5.69 Å². The minimum absolute atomic E-state index is 0.00651. The molecule has 2 rings (SSSR count). The fourth-order valence-electron chi connectivity index (χ4n) is 2.99. The van der Waals surface area contributed by atoms with Crippen LogP contribution in [0.25, 0.3) is 0 Å². The van der Waals surface area contributed by atoms with Crippen molar-refractivity contribution in [2.45, 2.75) is 33.7 Å². The second-order valence-electron chi connectivity index (χ2n) is 6.35. The summed E-state index contributed by atoms with van der Waals surface area (Å²) >= 11 is 0. The molecule has 0 aliphatic rings. The summed E-state index contributed by atoms with van der Waals surface area (Å²) in [7, 11) is 0. The van der Waals surface area contributed by atoms with Gasteiger partial charge in [0.25, 0.3) is 5.91 Å². The Labute approximate surface area is 157 Å². The van der Waals surface area contributed by atoms with Crippen LogP contribution in [-0.2, 0) is 13.0 Å². The van der Waals surface area contributed by atoms with E-state index in [4.69, 9.17) is 0 Å². The summed E-state index contributed by atoms with van der Waals surface area (Å²) in [4.78, 5) is 14.7. The van der Waals surface area contributed by atoms with Crippen LogP contribution in [0.2, 0.25) is 0 Å². The van der Waals surface area contributed by atoms with E-state index in [0.29, 0.717) is 18.7 Å². The van der Waals surface area contributed by atoms with Crippen LogP contribution < -0.4 is 10.6 Å². The maximum absolute atomic E-state index is 12.4. The first-order valence-corrected chi connectivity index (χ1v) is 9.59. The molecule has 0 atom stereocenters. The van der Waals surface area contributed by atoms with Gasteiger partial charge in [0.1, 0.15) is 0 Å². The Hall–Kier alpha value is -2.33. The van der Waals surface area contributed by atoms with Gasteiger partial charge in [-0.2, -0.15) is 0 Å². The van der Waals surface area contributed by atoms with E-state index in [1.54, 1.807) is 0 Å². The number of nitrogens with zero attached hydrogens (tertiary/aromatic N) is 1. The lowest BCUT2D eigenvalue weighted by Gasteiger charge is -2.18. The molecule has 2 aromatic rings. The number of amides is 1. The van der Waals surface area contributed by atoms with Crippen molar-refractivity contribution >= 4 is 11.6 Å². The van der Waals surface area contributed by atoms with Crippen molar-refractivity contribution < 1.29 is 4.79 Å². The largest absolute Gasteiger partial charge is 0.381 e. The lowest BCUT2D eigenvalue weighted by atomic mass is 10.1. The van der Waals surface area contributed by atoms with Gasteiger partial charge in [-0.15, -0.1) is 0 Å². The van der Waals surface area contributed by atoms with Crippen molar-refractivity contribution in [1.82, 2.24) is 10.2 Å². The number of para-hydroxylation sites is 1. The third-order valence-corrected chi connectivity index (χ3v) is 4.68. The summed E-state index contributed by atoms with van der Waals surface area (Å²) in [6.45, 7) is 10.7. The minimum Gasteiger partial charge on any atom is -0.381 e. The van der Waals surface area contributed by atoms with Gasteiger partial charge in [-0.25, -0.2) is 0 Å². The number of aryl methyl sites for hydroxylation is 1. The number of carbonyl (C=O) groups is 1. The number of carbonyl (C=O) groups excluding carboxylic acids is 1. The average Bonchev–Trinajstić information content (AvgIpc) is 2.70. The molecule has 0 spiro atoms. The van der Waals surface area contributed by atoms with Gasteiger partial charge in [0.15, 0.2) is 0 Å². The van der Waals surface area contributed by atoms with E-state index in [2.05, 4.69) is 54.5 Å². The third-order valence-electron chi connectivity index (χ3n) is 4.68. The molecule has 0 bridgehead atoms. The highest BCUT2D eigenvalue weighted by Gasteiger charge is 2.07. The molecule has 0 saturated carbocycles. The number of likely N-dealkylation sites (N-methyl/N-ethyl adjacent to an activating group) is 1. The quantitative estimate of drug-likeness (QED) is 0.680. The summed E-state index contributed by atoms with van der Waals surface area (Å²) in [5, 5.41) is 6.50. The van der Waals surface area contributed by atoms with Crippen LogP contribution in [0.5, 0.6) is 0 Å². The molecule has 0 radical (unpaired) electrons. The van der Waals surface area contributed by atoms with Gasteiger partial charge in [-0.3, -0.25) is 4.79 Å². The summed E-state index contributed by atoms with van der Waals surface area (Å²) < 4.78 is 0. The predicted molar refractivity (Wildman–Crippen MR) is 110 cm³/mol. The standard InChI is InChI=1S/C22H31N3O/c1-4-19-11-7-8-13-21(19)24-17-18-10-9-12-20(16-18)22(26)23-14-15-25(5-2)6-3/h7-13,16,24H,4-6,14-15,17H2,1-3H3,(H,23,26). The molecule has 0 fully saturated rings. The summed E-state index contributed by atoms with van der Waals surface area (Å²) in [6.07, 6.45) is 0.998. The summed E-state index contributed by atoms with van der Waals surface area (Å²) in [6, 6.07) is 16.2. The average molecular weight is 354 g/mol. The fraction of sp³-hybridized carbons (Fsp3) is 0.409. The first-order chi connectivity index (χ1) is 12.7. The number of nitrogens with one attached hydrogen (secondary N) is 2. The molecular formula is C22H31N3O. The van der Waals surface area contributed by atoms with E-state index in [0.717, 1.165) is 37.3 Å².